The molecule has 0 N–H and O–H groups in total. The van der Waals surface area contributed by atoms with Crippen molar-refractivity contribution in [3.8, 4) is 5.75 Å². The van der Waals surface area contributed by atoms with Crippen molar-refractivity contribution in [2.75, 3.05) is 0 Å². The van der Waals surface area contributed by atoms with Crippen LogP contribution < -0.4 is 4.74 Å². The van der Waals surface area contributed by atoms with E-state index in [9.17, 15) is 14.0 Å². The van der Waals surface area contributed by atoms with E-state index < -0.39 is 5.82 Å². The maximum Gasteiger partial charge on any atom is 0.293 e. The first-order valence-corrected chi connectivity index (χ1v) is 11.6. The van der Waals surface area contributed by atoms with Gasteiger partial charge in [0.25, 0.3) is 11.1 Å². The number of ether oxygens (including phenoxy) is 1. The molecule has 0 radical (unpaired) electrons. The van der Waals surface area contributed by atoms with Gasteiger partial charge in [-0.15, -0.1) is 0 Å². The monoisotopic (exact) mass is 531 g/mol. The lowest BCUT2D eigenvalue weighted by Crippen LogP contribution is -2.27. The quantitative estimate of drug-likeness (QED) is 0.319. The highest BCUT2D eigenvalue weighted by atomic mass is 79.9. The second-order valence-electron chi connectivity index (χ2n) is 6.92. The van der Waals surface area contributed by atoms with Crippen LogP contribution in [0.25, 0.3) is 6.08 Å². The number of hydrogen-bond donors (Lipinski definition) is 0. The lowest BCUT2D eigenvalue weighted by molar-refractivity contribution is -0.123. The summed E-state index contributed by atoms with van der Waals surface area (Å²) in [6, 6.07) is 18.9. The normalized spacial score (nSPS) is 15.0. The topological polar surface area (TPSA) is 46.6 Å². The molecular weight excluding hydrogens is 517 g/mol. The first-order chi connectivity index (χ1) is 15.4. The molecule has 8 heteroatoms. The molecule has 0 atom stereocenters. The first-order valence-electron chi connectivity index (χ1n) is 9.57. The van der Waals surface area contributed by atoms with E-state index in [0.717, 1.165) is 21.8 Å². The highest BCUT2D eigenvalue weighted by molar-refractivity contribution is 9.10. The fourth-order valence-corrected chi connectivity index (χ4v) is 4.57. The van der Waals surface area contributed by atoms with E-state index in [4.69, 9.17) is 16.3 Å². The van der Waals surface area contributed by atoms with E-state index in [1.54, 1.807) is 36.4 Å². The zero-order chi connectivity index (χ0) is 22.7. The van der Waals surface area contributed by atoms with Crippen LogP contribution in [0.2, 0.25) is 5.02 Å². The van der Waals surface area contributed by atoms with Crippen LogP contribution in [0.5, 0.6) is 5.75 Å². The van der Waals surface area contributed by atoms with Crippen LogP contribution in [0.4, 0.5) is 9.18 Å². The molecule has 0 saturated carbocycles. The van der Waals surface area contributed by atoms with Gasteiger partial charge >= 0.3 is 0 Å². The minimum Gasteiger partial charge on any atom is -0.489 e. The Kier molecular flexibility index (Phi) is 6.98. The molecule has 1 fully saturated rings. The number of halogens is 3. The Bertz CT molecular complexity index is 1210. The summed E-state index contributed by atoms with van der Waals surface area (Å²) >= 11 is 10.4. The summed E-state index contributed by atoms with van der Waals surface area (Å²) < 4.78 is 20.5. The van der Waals surface area contributed by atoms with E-state index in [1.165, 1.54) is 17.0 Å². The van der Waals surface area contributed by atoms with E-state index >= 15 is 0 Å². The average molecular weight is 533 g/mol. The van der Waals surface area contributed by atoms with E-state index in [2.05, 4.69) is 15.9 Å². The minimum absolute atomic E-state index is 0.0303. The van der Waals surface area contributed by atoms with Gasteiger partial charge in [0.15, 0.2) is 0 Å². The highest BCUT2D eigenvalue weighted by Crippen LogP contribution is 2.34. The van der Waals surface area contributed by atoms with Crippen LogP contribution >= 0.6 is 39.3 Å². The number of thioether (sulfide) groups is 1. The number of nitrogens with zero attached hydrogens (tertiary/aromatic N) is 1. The Balaban J connectivity index is 1.49. The molecule has 3 aromatic carbocycles. The Morgan fingerprint density at radius 3 is 2.62 bits per heavy atom. The summed E-state index contributed by atoms with van der Waals surface area (Å²) in [5.41, 5.74) is 1.81. The van der Waals surface area contributed by atoms with E-state index in [0.29, 0.717) is 21.2 Å². The predicted octanol–water partition coefficient (Wildman–Crippen LogP) is 7.06. The van der Waals surface area contributed by atoms with Crippen molar-refractivity contribution in [1.82, 2.24) is 4.90 Å². The largest absolute Gasteiger partial charge is 0.489 e. The van der Waals surface area contributed by atoms with Crippen molar-refractivity contribution in [2.45, 2.75) is 13.2 Å². The van der Waals surface area contributed by atoms with Crippen molar-refractivity contribution in [3.63, 3.8) is 0 Å². The van der Waals surface area contributed by atoms with Crippen molar-refractivity contribution < 1.29 is 18.7 Å². The fraction of sp³-hybridized carbons (Fsp3) is 0.0833. The van der Waals surface area contributed by atoms with Crippen LogP contribution in [-0.2, 0) is 17.9 Å². The number of hydrogen-bond acceptors (Lipinski definition) is 4. The van der Waals surface area contributed by atoms with Crippen LogP contribution in [0.15, 0.2) is 76.1 Å². The molecule has 0 spiro atoms. The summed E-state index contributed by atoms with van der Waals surface area (Å²) in [6.07, 6.45) is 1.65. The van der Waals surface area contributed by atoms with Crippen molar-refractivity contribution >= 4 is 56.5 Å². The van der Waals surface area contributed by atoms with Gasteiger partial charge in [-0.25, -0.2) is 4.39 Å². The number of carbonyl (C=O) groups excluding carboxylic acids is 2. The highest BCUT2D eigenvalue weighted by Gasteiger charge is 2.35. The molecule has 0 aromatic heterocycles. The maximum absolute atomic E-state index is 13.9. The Hall–Kier alpha value is -2.61. The molecule has 0 aliphatic carbocycles. The third-order valence-corrected chi connectivity index (χ3v) is 6.80. The van der Waals surface area contributed by atoms with Crippen LogP contribution in [0.3, 0.4) is 0 Å². The molecule has 3 aromatic rings. The van der Waals surface area contributed by atoms with Crippen LogP contribution in [0, 0.1) is 5.82 Å². The minimum atomic E-state index is -0.438. The molecule has 32 heavy (non-hydrogen) atoms. The second kappa shape index (κ2) is 9.90. The third-order valence-electron chi connectivity index (χ3n) is 4.76. The Labute approximate surface area is 202 Å². The number of benzene rings is 3. The molecule has 4 nitrogen and oxygen atoms in total. The Morgan fingerprint density at radius 1 is 1.06 bits per heavy atom. The molecule has 4 rings (SSSR count). The molecule has 162 valence electrons. The number of amides is 2. The second-order valence-corrected chi connectivity index (χ2v) is 9.18. The van der Waals surface area contributed by atoms with Gasteiger partial charge in [-0.2, -0.15) is 0 Å². The van der Waals surface area contributed by atoms with E-state index in [-0.39, 0.29) is 29.9 Å². The zero-order valence-corrected chi connectivity index (χ0v) is 19.7. The molecule has 1 aliphatic heterocycles. The summed E-state index contributed by atoms with van der Waals surface area (Å²) in [4.78, 5) is 26.8. The zero-order valence-electron chi connectivity index (χ0n) is 16.6. The summed E-state index contributed by atoms with van der Waals surface area (Å²) in [6.45, 7) is 0.160. The lowest BCUT2D eigenvalue weighted by atomic mass is 10.2. The third kappa shape index (κ3) is 5.06. The predicted molar refractivity (Wildman–Crippen MR) is 128 cm³/mol. The summed E-state index contributed by atoms with van der Waals surface area (Å²) in [5, 5.41) is -0.0292. The Morgan fingerprint density at radius 2 is 1.84 bits per heavy atom. The van der Waals surface area contributed by atoms with Crippen LogP contribution in [0.1, 0.15) is 16.7 Å². The van der Waals surface area contributed by atoms with E-state index in [1.807, 2.05) is 24.3 Å². The van der Waals surface area contributed by atoms with Gasteiger partial charge in [0.2, 0.25) is 0 Å². The van der Waals surface area contributed by atoms with Gasteiger partial charge < -0.3 is 4.74 Å². The lowest BCUT2D eigenvalue weighted by Gasteiger charge is -2.13. The van der Waals surface area contributed by atoms with Crippen molar-refractivity contribution in [3.05, 3.63) is 104 Å². The summed E-state index contributed by atoms with van der Waals surface area (Å²) in [5.74, 6) is -0.293. The fourth-order valence-electron chi connectivity index (χ4n) is 3.10. The number of imide groups is 1. The van der Waals surface area contributed by atoms with Gasteiger partial charge in [0.1, 0.15) is 18.2 Å². The van der Waals surface area contributed by atoms with Crippen LogP contribution in [-0.4, -0.2) is 16.0 Å². The SMILES string of the molecule is O=C1S/C(=C\c2cccc(OCc3c(F)cccc3Cl)c2)C(=O)N1Cc1ccccc1Br. The van der Waals surface area contributed by atoms with Gasteiger partial charge in [-0.1, -0.05) is 63.9 Å². The molecule has 1 saturated heterocycles. The molecule has 0 bridgehead atoms. The van der Waals surface area contributed by atoms with Gasteiger partial charge in [0.05, 0.1) is 16.5 Å². The summed E-state index contributed by atoms with van der Waals surface area (Å²) in [7, 11) is 0. The molecular formula is C24H16BrClFNO3S. The standard InChI is InChI=1S/C24H16BrClFNO3S/c25-19-8-2-1-6-16(19)13-28-23(29)22(32-24(28)30)12-15-5-3-7-17(11-15)31-14-18-20(26)9-4-10-21(18)27/h1-12H,13-14H2/b22-12-. The smallest absolute Gasteiger partial charge is 0.293 e. The average Bonchev–Trinajstić information content (AvgIpc) is 3.02. The van der Waals surface area contributed by atoms with Gasteiger partial charge in [0, 0.05) is 10.0 Å². The van der Waals surface area contributed by atoms with Crippen molar-refractivity contribution in [2.24, 2.45) is 0 Å². The first kappa shape index (κ1) is 22.6. The molecule has 0 unspecified atom stereocenters. The number of rotatable bonds is 6. The van der Waals surface area contributed by atoms with Gasteiger partial charge in [-0.05, 0) is 59.3 Å². The maximum atomic E-state index is 13.9. The molecule has 1 heterocycles. The molecule has 1 aliphatic rings. The molecule has 2 amide bonds. The van der Waals surface area contributed by atoms with Crippen molar-refractivity contribution in [1.29, 1.82) is 0 Å². The van der Waals surface area contributed by atoms with Gasteiger partial charge in [-0.3, -0.25) is 14.5 Å². The number of carbonyl (C=O) groups is 2.